The molecule has 0 radical (unpaired) electrons. The Labute approximate surface area is 142 Å². The summed E-state index contributed by atoms with van der Waals surface area (Å²) in [4.78, 5) is 14.6. The molecule has 5 nitrogen and oxygen atoms in total. The van der Waals surface area contributed by atoms with Gasteiger partial charge < -0.3 is 18.8 Å². The van der Waals surface area contributed by atoms with E-state index in [9.17, 15) is 4.79 Å². The Kier molecular flexibility index (Phi) is 5.08. The van der Waals surface area contributed by atoms with Crippen molar-refractivity contribution < 1.29 is 18.7 Å². The number of carbonyl (C=O) groups is 1. The number of carbonyl (C=O) groups excluding carboxylic acids is 1. The lowest BCUT2D eigenvalue weighted by Gasteiger charge is -2.24. The predicted molar refractivity (Wildman–Crippen MR) is 90.1 cm³/mol. The minimum atomic E-state index is 0.152. The molecule has 128 valence electrons. The van der Waals surface area contributed by atoms with Crippen LogP contribution in [0.1, 0.15) is 30.6 Å². The minimum absolute atomic E-state index is 0.152. The van der Waals surface area contributed by atoms with E-state index >= 15 is 0 Å². The maximum atomic E-state index is 12.7. The summed E-state index contributed by atoms with van der Waals surface area (Å²) in [5.41, 5.74) is 0.968. The molecule has 1 saturated carbocycles. The minimum Gasteiger partial charge on any atom is -0.497 e. The zero-order chi connectivity index (χ0) is 16.9. The molecule has 24 heavy (non-hydrogen) atoms. The summed E-state index contributed by atoms with van der Waals surface area (Å²) in [7, 11) is 3.28. The van der Waals surface area contributed by atoms with Crippen molar-refractivity contribution in [3.63, 3.8) is 0 Å². The van der Waals surface area contributed by atoms with Crippen molar-refractivity contribution in [3.05, 3.63) is 47.9 Å². The van der Waals surface area contributed by atoms with Gasteiger partial charge in [-0.05, 0) is 43.2 Å². The first-order chi connectivity index (χ1) is 11.7. The van der Waals surface area contributed by atoms with Crippen LogP contribution in [-0.2, 0) is 17.8 Å². The molecular formula is C19H23NO4. The Morgan fingerprint density at radius 1 is 1.25 bits per heavy atom. The first-order valence-corrected chi connectivity index (χ1v) is 8.24. The number of amides is 1. The third-order valence-corrected chi connectivity index (χ3v) is 4.30. The first kappa shape index (κ1) is 16.4. The van der Waals surface area contributed by atoms with Crippen LogP contribution in [0.5, 0.6) is 11.5 Å². The Morgan fingerprint density at radius 3 is 2.71 bits per heavy atom. The Bertz CT molecular complexity index is 677. The van der Waals surface area contributed by atoms with Gasteiger partial charge >= 0.3 is 0 Å². The van der Waals surface area contributed by atoms with E-state index in [0.717, 1.165) is 35.7 Å². The smallest absolute Gasteiger partial charge is 0.223 e. The highest BCUT2D eigenvalue weighted by atomic mass is 16.5. The lowest BCUT2D eigenvalue weighted by atomic mass is 10.1. The molecule has 1 aliphatic rings. The number of rotatable bonds is 8. The van der Waals surface area contributed by atoms with Gasteiger partial charge in [-0.15, -0.1) is 0 Å². The Morgan fingerprint density at radius 2 is 2.08 bits per heavy atom. The second-order valence-corrected chi connectivity index (χ2v) is 6.01. The fourth-order valence-corrected chi connectivity index (χ4v) is 2.82. The molecule has 0 bridgehead atoms. The van der Waals surface area contributed by atoms with Crippen LogP contribution < -0.4 is 9.47 Å². The molecule has 3 rings (SSSR count). The van der Waals surface area contributed by atoms with E-state index < -0.39 is 0 Å². The summed E-state index contributed by atoms with van der Waals surface area (Å²) in [6, 6.07) is 9.77. The second-order valence-electron chi connectivity index (χ2n) is 6.01. The second kappa shape index (κ2) is 7.43. The molecule has 0 atom stereocenters. The van der Waals surface area contributed by atoms with Gasteiger partial charge in [-0.3, -0.25) is 4.79 Å². The van der Waals surface area contributed by atoms with Crippen molar-refractivity contribution in [3.8, 4) is 11.5 Å². The maximum absolute atomic E-state index is 12.7. The van der Waals surface area contributed by atoms with Crippen LogP contribution in [0.15, 0.2) is 41.0 Å². The van der Waals surface area contributed by atoms with Crippen LogP contribution >= 0.6 is 0 Å². The lowest BCUT2D eigenvalue weighted by molar-refractivity contribution is -0.132. The van der Waals surface area contributed by atoms with Crippen LogP contribution in [0, 0.1) is 0 Å². The molecule has 1 heterocycles. The third kappa shape index (κ3) is 3.91. The van der Waals surface area contributed by atoms with Gasteiger partial charge in [-0.25, -0.2) is 0 Å². The molecule has 0 unspecified atom stereocenters. The quantitative estimate of drug-likeness (QED) is 0.744. The van der Waals surface area contributed by atoms with E-state index in [1.54, 1.807) is 20.5 Å². The molecule has 1 aliphatic carbocycles. The number of hydrogen-bond acceptors (Lipinski definition) is 4. The highest BCUT2D eigenvalue weighted by Crippen LogP contribution is 2.32. The summed E-state index contributed by atoms with van der Waals surface area (Å²) >= 11 is 0. The van der Waals surface area contributed by atoms with Crippen molar-refractivity contribution in [2.24, 2.45) is 0 Å². The van der Waals surface area contributed by atoms with E-state index in [1.165, 1.54) is 0 Å². The van der Waals surface area contributed by atoms with Gasteiger partial charge in [0.2, 0.25) is 5.91 Å². The summed E-state index contributed by atoms with van der Waals surface area (Å²) in [5, 5.41) is 0. The number of hydrogen-bond donors (Lipinski definition) is 0. The predicted octanol–water partition coefficient (Wildman–Crippen LogP) is 3.42. The number of furan rings is 1. The van der Waals surface area contributed by atoms with E-state index in [2.05, 4.69) is 0 Å². The number of ether oxygens (including phenoxy) is 2. The van der Waals surface area contributed by atoms with E-state index in [0.29, 0.717) is 25.4 Å². The van der Waals surface area contributed by atoms with Crippen LogP contribution in [0.4, 0.5) is 0 Å². The maximum Gasteiger partial charge on any atom is 0.223 e. The molecule has 0 saturated heterocycles. The van der Waals surface area contributed by atoms with Gasteiger partial charge in [0.15, 0.2) is 0 Å². The summed E-state index contributed by atoms with van der Waals surface area (Å²) in [5.74, 6) is 2.54. The Balaban J connectivity index is 1.70. The molecule has 1 aromatic heterocycles. The van der Waals surface area contributed by atoms with Crippen molar-refractivity contribution in [2.45, 2.75) is 38.3 Å². The average molecular weight is 329 g/mol. The molecule has 1 aromatic carbocycles. The van der Waals surface area contributed by atoms with E-state index in [-0.39, 0.29) is 5.91 Å². The molecule has 0 spiro atoms. The van der Waals surface area contributed by atoms with Gasteiger partial charge in [0.05, 0.1) is 20.5 Å². The number of benzene rings is 1. The molecular weight excluding hydrogens is 306 g/mol. The van der Waals surface area contributed by atoms with Gasteiger partial charge in [-0.1, -0.05) is 0 Å². The average Bonchev–Trinajstić information content (AvgIpc) is 3.32. The SMILES string of the molecule is COc1ccc(OC)c(CN(C(=O)CCc2ccco2)C2CC2)c1. The van der Waals surface area contributed by atoms with Gasteiger partial charge in [-0.2, -0.15) is 0 Å². The van der Waals surface area contributed by atoms with Crippen LogP contribution in [0.2, 0.25) is 0 Å². The number of nitrogens with zero attached hydrogens (tertiary/aromatic N) is 1. The van der Waals surface area contributed by atoms with Crippen LogP contribution in [0.3, 0.4) is 0 Å². The normalized spacial score (nSPS) is 13.6. The largest absolute Gasteiger partial charge is 0.497 e. The summed E-state index contributed by atoms with van der Waals surface area (Å²) < 4.78 is 16.1. The third-order valence-electron chi connectivity index (χ3n) is 4.30. The van der Waals surface area contributed by atoms with Crippen molar-refractivity contribution in [1.29, 1.82) is 0 Å². The molecule has 0 aliphatic heterocycles. The molecule has 0 N–H and O–H groups in total. The van der Waals surface area contributed by atoms with E-state index in [1.807, 2.05) is 35.2 Å². The summed E-state index contributed by atoms with van der Waals surface area (Å²) in [6.07, 6.45) is 4.86. The van der Waals surface area contributed by atoms with Gasteiger partial charge in [0.1, 0.15) is 17.3 Å². The topological polar surface area (TPSA) is 51.9 Å². The number of aryl methyl sites for hydroxylation is 1. The molecule has 1 fully saturated rings. The van der Waals surface area contributed by atoms with Crippen molar-refractivity contribution in [1.82, 2.24) is 4.90 Å². The van der Waals surface area contributed by atoms with Crippen LogP contribution in [0.25, 0.3) is 0 Å². The monoisotopic (exact) mass is 329 g/mol. The van der Waals surface area contributed by atoms with Gasteiger partial charge in [0, 0.05) is 31.0 Å². The molecule has 1 amide bonds. The zero-order valence-corrected chi connectivity index (χ0v) is 14.2. The van der Waals surface area contributed by atoms with Gasteiger partial charge in [0.25, 0.3) is 0 Å². The standard InChI is InChI=1S/C19H23NO4/c1-22-17-7-9-18(23-2)14(12-17)13-20(15-5-6-15)19(21)10-8-16-4-3-11-24-16/h3-4,7,9,11-12,15H,5-6,8,10,13H2,1-2H3. The highest BCUT2D eigenvalue weighted by molar-refractivity contribution is 5.77. The fraction of sp³-hybridized carbons (Fsp3) is 0.421. The van der Waals surface area contributed by atoms with Crippen LogP contribution in [-0.4, -0.2) is 31.1 Å². The zero-order valence-electron chi connectivity index (χ0n) is 14.2. The Hall–Kier alpha value is -2.43. The summed E-state index contributed by atoms with van der Waals surface area (Å²) in [6.45, 7) is 0.544. The number of methoxy groups -OCH3 is 2. The molecule has 5 heteroatoms. The van der Waals surface area contributed by atoms with Crippen molar-refractivity contribution >= 4 is 5.91 Å². The highest BCUT2D eigenvalue weighted by Gasteiger charge is 2.32. The van der Waals surface area contributed by atoms with Crippen molar-refractivity contribution in [2.75, 3.05) is 14.2 Å². The van der Waals surface area contributed by atoms with E-state index in [4.69, 9.17) is 13.9 Å². The molecule has 2 aromatic rings. The first-order valence-electron chi connectivity index (χ1n) is 8.24. The fourth-order valence-electron chi connectivity index (χ4n) is 2.82. The lowest BCUT2D eigenvalue weighted by Crippen LogP contribution is -2.32.